The first-order valence-corrected chi connectivity index (χ1v) is 6.03. The monoisotopic (exact) mass is 266 g/mol. The Kier molecular flexibility index (Phi) is 3.69. The number of urea groups is 1. The maximum atomic E-state index is 13.4. The molecular weight excluding hydrogens is 251 g/mol. The fourth-order valence-corrected chi connectivity index (χ4v) is 1.83. The molecular formula is C13H15FN2O3. The van der Waals surface area contributed by atoms with Gasteiger partial charge in [-0.2, -0.15) is 0 Å². The molecule has 0 spiro atoms. The van der Waals surface area contributed by atoms with Crippen LogP contribution in [0.5, 0.6) is 0 Å². The second kappa shape index (κ2) is 5.26. The summed E-state index contributed by atoms with van der Waals surface area (Å²) in [5, 5.41) is 11.4. The smallest absolute Gasteiger partial charge is 0.323 e. The number of aliphatic carboxylic acids is 1. The molecule has 0 aliphatic heterocycles. The second-order valence-corrected chi connectivity index (χ2v) is 4.60. The van der Waals surface area contributed by atoms with Crippen LogP contribution >= 0.6 is 0 Å². The third kappa shape index (κ3) is 3.21. The van der Waals surface area contributed by atoms with Gasteiger partial charge in [-0.25, -0.2) is 9.18 Å². The predicted molar refractivity (Wildman–Crippen MR) is 67.5 cm³/mol. The number of hydrogen-bond acceptors (Lipinski definition) is 2. The number of benzene rings is 1. The van der Waals surface area contributed by atoms with E-state index in [0.717, 1.165) is 12.8 Å². The number of anilines is 1. The number of carbonyl (C=O) groups excluding carboxylic acids is 1. The highest BCUT2D eigenvalue weighted by atomic mass is 19.1. The van der Waals surface area contributed by atoms with Gasteiger partial charge in [0.2, 0.25) is 0 Å². The van der Waals surface area contributed by atoms with Crippen molar-refractivity contribution in [3.8, 4) is 0 Å². The number of carboxylic acid groups (broad SMARTS) is 1. The zero-order valence-electron chi connectivity index (χ0n) is 10.5. The van der Waals surface area contributed by atoms with Crippen LogP contribution in [0.2, 0.25) is 0 Å². The summed E-state index contributed by atoms with van der Waals surface area (Å²) in [4.78, 5) is 24.0. The molecule has 0 saturated heterocycles. The quantitative estimate of drug-likeness (QED) is 0.877. The Hall–Kier alpha value is -2.11. The number of halogens is 1. The van der Waals surface area contributed by atoms with Crippen molar-refractivity contribution in [3.05, 3.63) is 29.6 Å². The number of amides is 2. The molecule has 1 fully saturated rings. The number of carboxylic acids is 1. The van der Waals surface area contributed by atoms with Gasteiger partial charge >= 0.3 is 12.0 Å². The fourth-order valence-electron chi connectivity index (χ4n) is 1.83. The Morgan fingerprint density at radius 3 is 2.74 bits per heavy atom. The summed E-state index contributed by atoms with van der Waals surface area (Å²) in [6.07, 6.45) is 1.62. The summed E-state index contributed by atoms with van der Waals surface area (Å²) >= 11 is 0. The number of nitrogens with one attached hydrogen (secondary N) is 1. The minimum absolute atomic E-state index is 0.0232. The zero-order valence-corrected chi connectivity index (χ0v) is 10.5. The molecule has 2 amide bonds. The van der Waals surface area contributed by atoms with Crippen molar-refractivity contribution in [2.24, 2.45) is 0 Å². The van der Waals surface area contributed by atoms with Crippen LogP contribution in [0, 0.1) is 12.7 Å². The van der Waals surface area contributed by atoms with Gasteiger partial charge in [-0.3, -0.25) is 4.79 Å². The molecule has 0 unspecified atom stereocenters. The lowest BCUT2D eigenvalue weighted by molar-refractivity contribution is -0.137. The summed E-state index contributed by atoms with van der Waals surface area (Å²) in [6, 6.07) is 3.86. The molecule has 2 N–H and O–H groups in total. The van der Waals surface area contributed by atoms with Crippen molar-refractivity contribution in [2.75, 3.05) is 11.9 Å². The summed E-state index contributed by atoms with van der Waals surface area (Å²) in [5.41, 5.74) is 0.697. The molecule has 5 nitrogen and oxygen atoms in total. The Bertz CT molecular complexity index is 515. The fraction of sp³-hybridized carbons (Fsp3) is 0.385. The minimum Gasteiger partial charge on any atom is -0.480 e. The van der Waals surface area contributed by atoms with E-state index in [4.69, 9.17) is 5.11 Å². The Morgan fingerprint density at radius 1 is 1.47 bits per heavy atom. The van der Waals surface area contributed by atoms with Crippen LogP contribution in [0.15, 0.2) is 18.2 Å². The first-order valence-electron chi connectivity index (χ1n) is 6.03. The van der Waals surface area contributed by atoms with Gasteiger partial charge in [0, 0.05) is 17.3 Å². The maximum Gasteiger partial charge on any atom is 0.323 e. The van der Waals surface area contributed by atoms with E-state index < -0.39 is 17.8 Å². The lowest BCUT2D eigenvalue weighted by Crippen LogP contribution is -2.40. The minimum atomic E-state index is -1.06. The molecule has 0 atom stereocenters. The normalized spacial score (nSPS) is 14.0. The standard InChI is InChI=1S/C13H15FN2O3/c1-8-10(14)3-2-4-11(8)15-13(19)16(7-12(17)18)9-5-6-9/h2-4,9H,5-7H2,1H3,(H,15,19)(H,17,18). The van der Waals surface area contributed by atoms with Gasteiger partial charge in [0.15, 0.2) is 0 Å². The van der Waals surface area contributed by atoms with E-state index in [1.807, 2.05) is 0 Å². The molecule has 1 aliphatic rings. The Labute approximate surface area is 110 Å². The van der Waals surface area contributed by atoms with Crippen molar-refractivity contribution >= 4 is 17.7 Å². The highest BCUT2D eigenvalue weighted by molar-refractivity contribution is 5.92. The van der Waals surface area contributed by atoms with E-state index in [9.17, 15) is 14.0 Å². The summed E-state index contributed by atoms with van der Waals surface area (Å²) < 4.78 is 13.4. The lowest BCUT2D eigenvalue weighted by atomic mass is 10.2. The van der Waals surface area contributed by atoms with Gasteiger partial charge in [0.25, 0.3) is 0 Å². The van der Waals surface area contributed by atoms with E-state index in [2.05, 4.69) is 5.32 Å². The SMILES string of the molecule is Cc1c(F)cccc1NC(=O)N(CC(=O)O)C1CC1. The highest BCUT2D eigenvalue weighted by Crippen LogP contribution is 2.27. The van der Waals surface area contributed by atoms with Crippen molar-refractivity contribution < 1.29 is 19.1 Å². The first kappa shape index (κ1) is 13.3. The van der Waals surface area contributed by atoms with E-state index in [0.29, 0.717) is 11.3 Å². The number of nitrogens with zero attached hydrogens (tertiary/aromatic N) is 1. The van der Waals surface area contributed by atoms with Gasteiger partial charge in [-0.05, 0) is 31.9 Å². The predicted octanol–water partition coefficient (Wildman–Crippen LogP) is 2.22. The number of rotatable bonds is 4. The average molecular weight is 266 g/mol. The third-order valence-electron chi connectivity index (χ3n) is 3.06. The molecule has 2 rings (SSSR count). The van der Waals surface area contributed by atoms with Crippen LogP contribution in [0.4, 0.5) is 14.9 Å². The molecule has 0 aromatic heterocycles. The van der Waals surface area contributed by atoms with Gasteiger partial charge in [0.05, 0.1) is 0 Å². The van der Waals surface area contributed by atoms with Gasteiger partial charge in [-0.15, -0.1) is 0 Å². The van der Waals surface area contributed by atoms with Crippen molar-refractivity contribution in [1.82, 2.24) is 4.90 Å². The van der Waals surface area contributed by atoms with E-state index in [-0.39, 0.29) is 12.6 Å². The molecule has 0 heterocycles. The molecule has 0 bridgehead atoms. The molecule has 1 aromatic carbocycles. The van der Waals surface area contributed by atoms with Crippen LogP contribution in [-0.2, 0) is 4.79 Å². The van der Waals surface area contributed by atoms with Crippen LogP contribution in [0.25, 0.3) is 0 Å². The van der Waals surface area contributed by atoms with Crippen LogP contribution in [0.1, 0.15) is 18.4 Å². The third-order valence-corrected chi connectivity index (χ3v) is 3.06. The molecule has 1 saturated carbocycles. The average Bonchev–Trinajstić information content (AvgIpc) is 3.16. The Balaban J connectivity index is 2.10. The zero-order chi connectivity index (χ0) is 14.0. The molecule has 19 heavy (non-hydrogen) atoms. The number of carbonyl (C=O) groups is 2. The second-order valence-electron chi connectivity index (χ2n) is 4.60. The molecule has 0 radical (unpaired) electrons. The van der Waals surface area contributed by atoms with Crippen molar-refractivity contribution in [3.63, 3.8) is 0 Å². The van der Waals surface area contributed by atoms with E-state index in [1.165, 1.54) is 17.0 Å². The van der Waals surface area contributed by atoms with E-state index in [1.54, 1.807) is 13.0 Å². The summed E-state index contributed by atoms with van der Waals surface area (Å²) in [6.45, 7) is 1.22. The maximum absolute atomic E-state index is 13.4. The van der Waals surface area contributed by atoms with Crippen molar-refractivity contribution in [1.29, 1.82) is 0 Å². The van der Waals surface area contributed by atoms with Crippen LogP contribution in [-0.4, -0.2) is 34.6 Å². The van der Waals surface area contributed by atoms with Crippen molar-refractivity contribution in [2.45, 2.75) is 25.8 Å². The van der Waals surface area contributed by atoms with Gasteiger partial charge < -0.3 is 15.3 Å². The molecule has 6 heteroatoms. The van der Waals surface area contributed by atoms with Crippen LogP contribution in [0.3, 0.4) is 0 Å². The van der Waals surface area contributed by atoms with Gasteiger partial charge in [0.1, 0.15) is 12.4 Å². The number of hydrogen-bond donors (Lipinski definition) is 2. The Morgan fingerprint density at radius 2 is 2.16 bits per heavy atom. The largest absolute Gasteiger partial charge is 0.480 e. The first-order chi connectivity index (χ1) is 8.99. The molecule has 102 valence electrons. The van der Waals surface area contributed by atoms with E-state index >= 15 is 0 Å². The summed E-state index contributed by atoms with van der Waals surface area (Å²) in [7, 11) is 0. The lowest BCUT2D eigenvalue weighted by Gasteiger charge is -2.21. The highest BCUT2D eigenvalue weighted by Gasteiger charge is 2.34. The topological polar surface area (TPSA) is 69.6 Å². The molecule has 1 aromatic rings. The summed E-state index contributed by atoms with van der Waals surface area (Å²) in [5.74, 6) is -1.47. The van der Waals surface area contributed by atoms with Gasteiger partial charge in [-0.1, -0.05) is 6.07 Å². The molecule has 1 aliphatic carbocycles. The van der Waals surface area contributed by atoms with Crippen LogP contribution < -0.4 is 5.32 Å².